The number of phosphoric ester groups is 1. The Morgan fingerprint density at radius 2 is 1.14 bits per heavy atom. The standard InChI is InChI=1S/C21H45O6P/c1-20(2,12-6-5-9-16-22)13-7-10-17-26-18-11-8-14-21(3,4)15-19-27-28(23,24)25/h22H,5-19H2,1-4H3,(H2,23,24,25). The minimum Gasteiger partial charge on any atom is -0.396 e. The highest BCUT2D eigenvalue weighted by molar-refractivity contribution is 7.46. The second-order valence-electron chi connectivity index (χ2n) is 9.46. The molecule has 0 aromatic heterocycles. The third-order valence-corrected chi connectivity index (χ3v) is 5.85. The van der Waals surface area contributed by atoms with Crippen molar-refractivity contribution in [2.75, 3.05) is 26.4 Å². The van der Waals surface area contributed by atoms with Gasteiger partial charge in [-0.25, -0.2) is 4.57 Å². The molecular weight excluding hydrogens is 379 g/mol. The monoisotopic (exact) mass is 424 g/mol. The first kappa shape index (κ1) is 28.0. The molecule has 0 heterocycles. The SMILES string of the molecule is CC(C)(CCCCCO)CCCCOCCCCC(C)(C)CCOP(=O)(O)O. The molecule has 0 aromatic rings. The van der Waals surface area contributed by atoms with Crippen LogP contribution >= 0.6 is 7.82 Å². The van der Waals surface area contributed by atoms with Gasteiger partial charge in [0.05, 0.1) is 6.61 Å². The normalized spacial score (nSPS) is 13.2. The first-order valence-corrected chi connectivity index (χ1v) is 12.4. The summed E-state index contributed by atoms with van der Waals surface area (Å²) in [5.41, 5.74) is 0.391. The van der Waals surface area contributed by atoms with E-state index in [0.29, 0.717) is 18.4 Å². The van der Waals surface area contributed by atoms with Crippen molar-refractivity contribution in [2.24, 2.45) is 10.8 Å². The van der Waals surface area contributed by atoms with Crippen LogP contribution < -0.4 is 0 Å². The first-order valence-electron chi connectivity index (χ1n) is 10.9. The molecule has 0 aromatic carbocycles. The van der Waals surface area contributed by atoms with E-state index in [1.165, 1.54) is 25.7 Å². The minimum atomic E-state index is -4.35. The molecule has 0 saturated carbocycles. The minimum absolute atomic E-state index is 0.0118. The molecule has 0 spiro atoms. The Morgan fingerprint density at radius 1 is 0.679 bits per heavy atom. The van der Waals surface area contributed by atoms with Crippen LogP contribution in [0.1, 0.15) is 98.3 Å². The van der Waals surface area contributed by atoms with Gasteiger partial charge in [-0.1, -0.05) is 53.4 Å². The number of hydrogen-bond acceptors (Lipinski definition) is 4. The lowest BCUT2D eigenvalue weighted by molar-refractivity contribution is 0.117. The summed E-state index contributed by atoms with van der Waals surface area (Å²) >= 11 is 0. The van der Waals surface area contributed by atoms with Crippen molar-refractivity contribution in [2.45, 2.75) is 98.3 Å². The second-order valence-corrected chi connectivity index (χ2v) is 10.7. The maximum absolute atomic E-state index is 10.7. The lowest BCUT2D eigenvalue weighted by atomic mass is 9.82. The molecule has 0 aliphatic carbocycles. The maximum atomic E-state index is 10.7. The van der Waals surface area contributed by atoms with Gasteiger partial charge in [-0.15, -0.1) is 0 Å². The molecule has 0 rings (SSSR count). The van der Waals surface area contributed by atoms with Crippen molar-refractivity contribution in [1.82, 2.24) is 0 Å². The molecule has 170 valence electrons. The molecular formula is C21H45O6P. The average molecular weight is 425 g/mol. The zero-order valence-corrected chi connectivity index (χ0v) is 19.5. The van der Waals surface area contributed by atoms with Gasteiger partial charge in [0.1, 0.15) is 0 Å². The van der Waals surface area contributed by atoms with Crippen molar-refractivity contribution in [3.05, 3.63) is 0 Å². The fourth-order valence-electron chi connectivity index (χ4n) is 3.30. The zero-order chi connectivity index (χ0) is 21.5. The summed E-state index contributed by atoms with van der Waals surface area (Å²) in [5, 5.41) is 8.83. The van der Waals surface area contributed by atoms with E-state index >= 15 is 0 Å². The molecule has 3 N–H and O–H groups in total. The molecule has 0 aliphatic heterocycles. The second kappa shape index (κ2) is 14.9. The molecule has 0 aliphatic rings. The molecule has 0 fully saturated rings. The molecule has 0 amide bonds. The molecule has 0 bridgehead atoms. The predicted molar refractivity (Wildman–Crippen MR) is 114 cm³/mol. The fourth-order valence-corrected chi connectivity index (χ4v) is 3.63. The number of rotatable bonds is 19. The van der Waals surface area contributed by atoms with Gasteiger partial charge in [0.25, 0.3) is 0 Å². The van der Waals surface area contributed by atoms with E-state index in [9.17, 15) is 4.57 Å². The highest BCUT2D eigenvalue weighted by atomic mass is 31.2. The van der Waals surface area contributed by atoms with Gasteiger partial charge in [-0.05, 0) is 55.8 Å². The summed E-state index contributed by atoms with van der Waals surface area (Å²) in [6.45, 7) is 10.9. The van der Waals surface area contributed by atoms with E-state index < -0.39 is 7.82 Å². The zero-order valence-electron chi connectivity index (χ0n) is 18.6. The number of aliphatic hydroxyl groups excluding tert-OH is 1. The Kier molecular flexibility index (Phi) is 14.9. The van der Waals surface area contributed by atoms with E-state index in [-0.39, 0.29) is 12.0 Å². The molecule has 7 heteroatoms. The van der Waals surface area contributed by atoms with E-state index in [4.69, 9.17) is 19.6 Å². The highest BCUT2D eigenvalue weighted by Crippen LogP contribution is 2.37. The number of aliphatic hydroxyl groups is 1. The Labute approximate surface area is 172 Å². The van der Waals surface area contributed by atoms with Gasteiger partial charge in [0, 0.05) is 19.8 Å². The van der Waals surface area contributed by atoms with Crippen molar-refractivity contribution >= 4 is 7.82 Å². The van der Waals surface area contributed by atoms with Gasteiger partial charge in [-0.3, -0.25) is 4.52 Å². The Morgan fingerprint density at radius 3 is 1.61 bits per heavy atom. The quantitative estimate of drug-likeness (QED) is 0.188. The van der Waals surface area contributed by atoms with Crippen LogP contribution in [-0.4, -0.2) is 41.3 Å². The molecule has 6 nitrogen and oxygen atoms in total. The van der Waals surface area contributed by atoms with Gasteiger partial charge < -0.3 is 19.6 Å². The molecule has 28 heavy (non-hydrogen) atoms. The van der Waals surface area contributed by atoms with Gasteiger partial charge in [-0.2, -0.15) is 0 Å². The largest absolute Gasteiger partial charge is 0.469 e. The summed E-state index contributed by atoms with van der Waals surface area (Å²) in [4.78, 5) is 17.4. The van der Waals surface area contributed by atoms with Crippen LogP contribution in [0.2, 0.25) is 0 Å². The van der Waals surface area contributed by atoms with Gasteiger partial charge >= 0.3 is 7.82 Å². The average Bonchev–Trinajstić information content (AvgIpc) is 2.55. The topological polar surface area (TPSA) is 96.2 Å². The Hall–Kier alpha value is 0.0300. The van der Waals surface area contributed by atoms with Crippen molar-refractivity contribution in [3.8, 4) is 0 Å². The van der Waals surface area contributed by atoms with Crippen LogP contribution in [0, 0.1) is 10.8 Å². The third-order valence-electron chi connectivity index (χ3n) is 5.33. The van der Waals surface area contributed by atoms with Crippen molar-refractivity contribution in [3.63, 3.8) is 0 Å². The van der Waals surface area contributed by atoms with E-state index in [2.05, 4.69) is 32.2 Å². The van der Waals surface area contributed by atoms with Crippen LogP contribution in [0.5, 0.6) is 0 Å². The first-order chi connectivity index (χ1) is 13.0. The van der Waals surface area contributed by atoms with Gasteiger partial charge in [0.2, 0.25) is 0 Å². The van der Waals surface area contributed by atoms with Gasteiger partial charge in [0.15, 0.2) is 0 Å². The number of ether oxygens (including phenoxy) is 1. The van der Waals surface area contributed by atoms with Crippen LogP contribution in [0.25, 0.3) is 0 Å². The summed E-state index contributed by atoms with van der Waals surface area (Å²) in [6.07, 6.45) is 11.7. The van der Waals surface area contributed by atoms with Crippen LogP contribution in [-0.2, 0) is 13.8 Å². The van der Waals surface area contributed by atoms with E-state index in [1.807, 2.05) is 0 Å². The van der Waals surface area contributed by atoms with Crippen molar-refractivity contribution in [1.29, 1.82) is 0 Å². The molecule has 0 radical (unpaired) electrons. The molecule has 0 saturated heterocycles. The summed E-state index contributed by atoms with van der Waals surface area (Å²) in [5.74, 6) is 0. The fraction of sp³-hybridized carbons (Fsp3) is 1.00. The van der Waals surface area contributed by atoms with E-state index in [0.717, 1.165) is 51.7 Å². The molecule has 0 atom stereocenters. The number of hydrogen-bond donors (Lipinski definition) is 3. The molecule has 0 unspecified atom stereocenters. The smallest absolute Gasteiger partial charge is 0.396 e. The number of unbranched alkanes of at least 4 members (excludes halogenated alkanes) is 4. The lowest BCUT2D eigenvalue weighted by Gasteiger charge is -2.24. The van der Waals surface area contributed by atoms with Crippen LogP contribution in [0.15, 0.2) is 0 Å². The number of phosphoric acid groups is 1. The highest BCUT2D eigenvalue weighted by Gasteiger charge is 2.20. The predicted octanol–water partition coefficient (Wildman–Crippen LogP) is 5.45. The van der Waals surface area contributed by atoms with Crippen LogP contribution in [0.4, 0.5) is 0 Å². The summed E-state index contributed by atoms with van der Waals surface area (Å²) in [6, 6.07) is 0. The third kappa shape index (κ3) is 19.4. The lowest BCUT2D eigenvalue weighted by Crippen LogP contribution is -2.14. The summed E-state index contributed by atoms with van der Waals surface area (Å²) < 4.78 is 21.0. The summed E-state index contributed by atoms with van der Waals surface area (Å²) in [7, 11) is -4.35. The van der Waals surface area contributed by atoms with E-state index in [1.54, 1.807) is 0 Å². The maximum Gasteiger partial charge on any atom is 0.469 e. The van der Waals surface area contributed by atoms with Crippen LogP contribution in [0.3, 0.4) is 0 Å². The van der Waals surface area contributed by atoms with Crippen molar-refractivity contribution < 1.29 is 28.7 Å². The Bertz CT molecular complexity index is 419. The Balaban J connectivity index is 3.57.